The van der Waals surface area contributed by atoms with Gasteiger partial charge in [0.15, 0.2) is 0 Å². The minimum atomic E-state index is -0.406. The number of aliphatic hydroxyl groups excluding tert-OH is 1. The topological polar surface area (TPSA) is 108 Å². The Labute approximate surface area is 192 Å². The van der Waals surface area contributed by atoms with E-state index in [2.05, 4.69) is 15.2 Å². The van der Waals surface area contributed by atoms with E-state index in [9.17, 15) is 14.3 Å². The summed E-state index contributed by atoms with van der Waals surface area (Å²) in [7, 11) is 0. The highest BCUT2D eigenvalue weighted by atomic mass is 19.1. The first-order chi connectivity index (χ1) is 16.6. The van der Waals surface area contributed by atoms with Gasteiger partial charge in [-0.1, -0.05) is 17.3 Å². The fraction of sp³-hybridized carbons (Fsp3) is 0.167. The molecular weight excluding hydrogens is 441 g/mol. The molecule has 34 heavy (non-hydrogen) atoms. The Bertz CT molecular complexity index is 1520. The maximum atomic E-state index is 13.3. The van der Waals surface area contributed by atoms with Crippen molar-refractivity contribution in [2.45, 2.75) is 20.1 Å². The van der Waals surface area contributed by atoms with Gasteiger partial charge in [0, 0.05) is 29.1 Å². The monoisotopic (exact) mass is 461 g/mol. The molecule has 5 rings (SSSR count). The molecule has 3 aromatic heterocycles. The number of hydrogen-bond donors (Lipinski definition) is 1. The van der Waals surface area contributed by atoms with Crippen LogP contribution in [0.3, 0.4) is 0 Å². The van der Waals surface area contributed by atoms with Crippen molar-refractivity contribution in [3.63, 3.8) is 0 Å². The Morgan fingerprint density at radius 2 is 1.94 bits per heavy atom. The molecule has 0 fully saturated rings. The first-order valence-corrected chi connectivity index (χ1v) is 10.6. The van der Waals surface area contributed by atoms with Gasteiger partial charge in [-0.25, -0.2) is 8.91 Å². The first kappa shape index (κ1) is 21.5. The van der Waals surface area contributed by atoms with Crippen LogP contribution in [0.4, 0.5) is 4.39 Å². The lowest BCUT2D eigenvalue weighted by Gasteiger charge is -2.04. The normalized spacial score (nSPS) is 11.3. The maximum absolute atomic E-state index is 13.3. The molecule has 1 N–H and O–H groups in total. The summed E-state index contributed by atoms with van der Waals surface area (Å²) in [5.41, 5.74) is 1.91. The van der Waals surface area contributed by atoms with E-state index in [0.717, 1.165) is 5.56 Å². The van der Waals surface area contributed by atoms with Crippen LogP contribution in [0.2, 0.25) is 0 Å². The molecule has 0 saturated heterocycles. The number of nitrogens with zero attached hydrogens (tertiary/aromatic N) is 5. The van der Waals surface area contributed by atoms with Crippen LogP contribution in [-0.4, -0.2) is 36.0 Å². The van der Waals surface area contributed by atoms with Crippen molar-refractivity contribution in [3.05, 3.63) is 88.5 Å². The van der Waals surface area contributed by atoms with Gasteiger partial charge in [0.05, 0.1) is 18.9 Å². The number of rotatable bonds is 7. The van der Waals surface area contributed by atoms with Crippen molar-refractivity contribution in [2.24, 2.45) is 0 Å². The maximum Gasteiger partial charge on any atom is 0.277 e. The van der Waals surface area contributed by atoms with Gasteiger partial charge in [0.1, 0.15) is 23.6 Å². The molecule has 9 nitrogen and oxygen atoms in total. The smallest absolute Gasteiger partial charge is 0.277 e. The summed E-state index contributed by atoms with van der Waals surface area (Å²) in [6, 6.07) is 13.0. The summed E-state index contributed by atoms with van der Waals surface area (Å²) in [5.74, 6) is 0.933. The third-order valence-corrected chi connectivity index (χ3v) is 5.31. The van der Waals surface area contributed by atoms with Crippen LogP contribution < -0.4 is 10.3 Å². The summed E-state index contributed by atoms with van der Waals surface area (Å²) >= 11 is 0. The van der Waals surface area contributed by atoms with Gasteiger partial charge in [0.25, 0.3) is 5.56 Å². The van der Waals surface area contributed by atoms with E-state index in [1.165, 1.54) is 21.2 Å². The molecule has 0 spiro atoms. The lowest BCUT2D eigenvalue weighted by molar-refractivity contribution is 0.283. The second-order valence-corrected chi connectivity index (χ2v) is 7.49. The lowest BCUT2D eigenvalue weighted by atomic mass is 10.1. The summed E-state index contributed by atoms with van der Waals surface area (Å²) in [6.07, 6.45) is 3.16. The molecular formula is C24H20FN5O4. The largest absolute Gasteiger partial charge is 0.494 e. The average Bonchev–Trinajstić information content (AvgIpc) is 3.47. The fourth-order valence-corrected chi connectivity index (χ4v) is 3.74. The predicted molar refractivity (Wildman–Crippen MR) is 121 cm³/mol. The predicted octanol–water partition coefficient (Wildman–Crippen LogP) is 3.29. The van der Waals surface area contributed by atoms with Crippen molar-refractivity contribution in [2.75, 3.05) is 6.61 Å². The summed E-state index contributed by atoms with van der Waals surface area (Å²) < 4.78 is 27.0. The Morgan fingerprint density at radius 3 is 2.71 bits per heavy atom. The molecule has 10 heteroatoms. The van der Waals surface area contributed by atoms with Crippen LogP contribution in [-0.2, 0) is 13.2 Å². The molecule has 0 amide bonds. The number of ether oxygens (including phenoxy) is 1. The molecule has 3 heterocycles. The zero-order chi connectivity index (χ0) is 23.7. The van der Waals surface area contributed by atoms with E-state index in [1.54, 1.807) is 24.5 Å². The quantitative estimate of drug-likeness (QED) is 0.396. The van der Waals surface area contributed by atoms with Gasteiger partial charge in [-0.05, 0) is 43.3 Å². The highest BCUT2D eigenvalue weighted by Gasteiger charge is 2.19. The zero-order valence-corrected chi connectivity index (χ0v) is 18.2. The van der Waals surface area contributed by atoms with Crippen molar-refractivity contribution < 1.29 is 18.8 Å². The molecule has 0 saturated carbocycles. The molecule has 0 aliphatic rings. The summed E-state index contributed by atoms with van der Waals surface area (Å²) in [5, 5.41) is 18.4. The number of hydrogen-bond acceptors (Lipinski definition) is 7. The third-order valence-electron chi connectivity index (χ3n) is 5.31. The van der Waals surface area contributed by atoms with Gasteiger partial charge in [-0.2, -0.15) is 10.1 Å². The van der Waals surface area contributed by atoms with Crippen LogP contribution in [0.1, 0.15) is 18.4 Å². The minimum absolute atomic E-state index is 0.0371. The van der Waals surface area contributed by atoms with E-state index < -0.39 is 6.61 Å². The Morgan fingerprint density at radius 1 is 1.12 bits per heavy atom. The third kappa shape index (κ3) is 3.95. The number of halogens is 1. The SMILES string of the molecule is CCOc1cccc(-c2noc(Cn3ccn4nc(-c5ccc(F)cc5)c(CO)c4c3=O)n2)c1. The van der Waals surface area contributed by atoms with E-state index >= 15 is 0 Å². The number of aliphatic hydroxyl groups is 1. The molecule has 2 aromatic carbocycles. The van der Waals surface area contributed by atoms with Gasteiger partial charge in [-0.3, -0.25) is 4.79 Å². The minimum Gasteiger partial charge on any atom is -0.494 e. The van der Waals surface area contributed by atoms with Crippen molar-refractivity contribution in [3.8, 4) is 28.4 Å². The van der Waals surface area contributed by atoms with Gasteiger partial charge in [0.2, 0.25) is 11.7 Å². The van der Waals surface area contributed by atoms with E-state index in [4.69, 9.17) is 9.26 Å². The fourth-order valence-electron chi connectivity index (χ4n) is 3.74. The zero-order valence-electron chi connectivity index (χ0n) is 18.2. The molecule has 0 atom stereocenters. The Hall–Kier alpha value is -4.31. The standard InChI is InChI=1S/C24H20FN5O4/c1-2-33-18-5-3-4-16(12-18)23-26-20(34-28-23)13-29-10-11-30-22(24(29)32)19(14-31)21(27-30)15-6-8-17(25)9-7-15/h3-12,31H,2,13-14H2,1H3. The molecule has 0 aliphatic heterocycles. The van der Waals surface area contributed by atoms with Gasteiger partial charge < -0.3 is 18.9 Å². The van der Waals surface area contributed by atoms with Crippen LogP contribution in [0.5, 0.6) is 5.75 Å². The number of fused-ring (bicyclic) bond motifs is 1. The van der Waals surface area contributed by atoms with Crippen molar-refractivity contribution in [1.29, 1.82) is 0 Å². The molecule has 5 aromatic rings. The highest BCUT2D eigenvalue weighted by molar-refractivity contribution is 5.72. The van der Waals surface area contributed by atoms with Crippen LogP contribution in [0, 0.1) is 5.82 Å². The highest BCUT2D eigenvalue weighted by Crippen LogP contribution is 2.25. The van der Waals surface area contributed by atoms with Gasteiger partial charge >= 0.3 is 0 Å². The van der Waals surface area contributed by atoms with Crippen LogP contribution in [0.15, 0.2) is 70.2 Å². The van der Waals surface area contributed by atoms with Crippen molar-refractivity contribution >= 4 is 5.52 Å². The van der Waals surface area contributed by atoms with Crippen LogP contribution in [0.25, 0.3) is 28.2 Å². The second kappa shape index (κ2) is 8.91. The Balaban J connectivity index is 1.48. The number of benzene rings is 2. The van der Waals surface area contributed by atoms with E-state index in [1.807, 2.05) is 31.2 Å². The molecule has 0 unspecified atom stereocenters. The molecule has 0 bridgehead atoms. The Kier molecular flexibility index (Phi) is 5.64. The van der Waals surface area contributed by atoms with Crippen LogP contribution >= 0.6 is 0 Å². The molecule has 172 valence electrons. The average molecular weight is 461 g/mol. The molecule has 0 radical (unpaired) electrons. The molecule has 0 aliphatic carbocycles. The second-order valence-electron chi connectivity index (χ2n) is 7.49. The number of aromatic nitrogens is 5. The van der Waals surface area contributed by atoms with Crippen molar-refractivity contribution in [1.82, 2.24) is 24.3 Å². The van der Waals surface area contributed by atoms with E-state index in [0.29, 0.717) is 35.0 Å². The lowest BCUT2D eigenvalue weighted by Crippen LogP contribution is -2.22. The van der Waals surface area contributed by atoms with E-state index in [-0.39, 0.29) is 29.3 Å². The summed E-state index contributed by atoms with van der Waals surface area (Å²) in [6.45, 7) is 2.07. The van der Waals surface area contributed by atoms with Gasteiger partial charge in [-0.15, -0.1) is 0 Å². The summed E-state index contributed by atoms with van der Waals surface area (Å²) in [4.78, 5) is 17.6. The first-order valence-electron chi connectivity index (χ1n) is 10.6.